The standard InChI is InChI=1S/C20H22N2O4S/c1-11(2)13-7-6-8-16-17(13)21-20(27-16)22-19(23)12-9-14(24-3)18(26-5)15(10-12)25-4/h6-11H,1-5H3,(H,21,22,23). The van der Waals surface area contributed by atoms with Crippen LogP contribution in [0.2, 0.25) is 0 Å². The van der Waals surface area contributed by atoms with Gasteiger partial charge in [-0.1, -0.05) is 37.3 Å². The number of carbonyl (C=O) groups is 1. The zero-order chi connectivity index (χ0) is 19.6. The molecule has 0 bridgehead atoms. The number of ether oxygens (including phenoxy) is 3. The summed E-state index contributed by atoms with van der Waals surface area (Å²) in [5.74, 6) is 1.36. The van der Waals surface area contributed by atoms with E-state index in [9.17, 15) is 4.79 Å². The first kappa shape index (κ1) is 19.0. The van der Waals surface area contributed by atoms with Gasteiger partial charge in [-0.15, -0.1) is 0 Å². The normalized spacial score (nSPS) is 10.9. The lowest BCUT2D eigenvalue weighted by Gasteiger charge is -2.13. The van der Waals surface area contributed by atoms with Crippen LogP contribution in [-0.2, 0) is 0 Å². The van der Waals surface area contributed by atoms with Gasteiger partial charge in [0.2, 0.25) is 5.75 Å². The first-order valence-corrected chi connectivity index (χ1v) is 9.31. The van der Waals surface area contributed by atoms with Crippen molar-refractivity contribution in [1.29, 1.82) is 0 Å². The molecule has 0 radical (unpaired) electrons. The highest BCUT2D eigenvalue weighted by atomic mass is 32.1. The van der Waals surface area contributed by atoms with Gasteiger partial charge in [0, 0.05) is 5.56 Å². The van der Waals surface area contributed by atoms with Crippen molar-refractivity contribution >= 4 is 32.6 Å². The molecule has 0 atom stereocenters. The van der Waals surface area contributed by atoms with E-state index in [1.165, 1.54) is 32.7 Å². The third-order valence-corrected chi connectivity index (χ3v) is 5.16. The SMILES string of the molecule is COc1cc(C(=O)Nc2nc3c(C(C)C)cccc3s2)cc(OC)c1OC. The van der Waals surface area contributed by atoms with Crippen LogP contribution in [0.4, 0.5) is 5.13 Å². The molecule has 1 heterocycles. The average molecular weight is 386 g/mol. The second kappa shape index (κ2) is 7.84. The number of methoxy groups -OCH3 is 3. The summed E-state index contributed by atoms with van der Waals surface area (Å²) in [7, 11) is 4.55. The number of para-hydroxylation sites is 1. The molecule has 0 saturated carbocycles. The fraction of sp³-hybridized carbons (Fsp3) is 0.300. The molecule has 0 aliphatic carbocycles. The predicted molar refractivity (Wildman–Crippen MR) is 108 cm³/mol. The van der Waals surface area contributed by atoms with Crippen LogP contribution in [0.25, 0.3) is 10.2 Å². The van der Waals surface area contributed by atoms with Crippen molar-refractivity contribution in [2.24, 2.45) is 0 Å². The highest BCUT2D eigenvalue weighted by molar-refractivity contribution is 7.22. The quantitative estimate of drug-likeness (QED) is 0.665. The van der Waals surface area contributed by atoms with E-state index in [0.717, 1.165) is 15.8 Å². The van der Waals surface area contributed by atoms with Gasteiger partial charge in [-0.3, -0.25) is 10.1 Å². The number of benzene rings is 2. The molecule has 0 aliphatic rings. The lowest BCUT2D eigenvalue weighted by atomic mass is 10.0. The molecule has 27 heavy (non-hydrogen) atoms. The van der Waals surface area contributed by atoms with Crippen LogP contribution in [0, 0.1) is 0 Å². The third kappa shape index (κ3) is 3.68. The number of hydrogen-bond acceptors (Lipinski definition) is 6. The number of nitrogens with one attached hydrogen (secondary N) is 1. The van der Waals surface area contributed by atoms with Gasteiger partial charge in [0.15, 0.2) is 16.6 Å². The van der Waals surface area contributed by atoms with Crippen molar-refractivity contribution in [3.05, 3.63) is 41.5 Å². The molecule has 1 aromatic heterocycles. The van der Waals surface area contributed by atoms with E-state index in [2.05, 4.69) is 30.2 Å². The molecule has 142 valence electrons. The molecule has 0 saturated heterocycles. The minimum atomic E-state index is -0.292. The van der Waals surface area contributed by atoms with Gasteiger partial charge in [-0.2, -0.15) is 0 Å². The predicted octanol–water partition coefficient (Wildman–Crippen LogP) is 4.70. The van der Waals surface area contributed by atoms with Gasteiger partial charge in [-0.05, 0) is 29.7 Å². The van der Waals surface area contributed by atoms with Gasteiger partial charge in [0.25, 0.3) is 5.91 Å². The van der Waals surface area contributed by atoms with Crippen molar-refractivity contribution in [2.75, 3.05) is 26.6 Å². The fourth-order valence-electron chi connectivity index (χ4n) is 2.87. The van der Waals surface area contributed by atoms with Gasteiger partial charge in [-0.25, -0.2) is 4.98 Å². The lowest BCUT2D eigenvalue weighted by molar-refractivity contribution is 0.102. The van der Waals surface area contributed by atoms with Crippen molar-refractivity contribution in [3.63, 3.8) is 0 Å². The summed E-state index contributed by atoms with van der Waals surface area (Å²) in [6, 6.07) is 9.32. The molecular formula is C20H22N2O4S. The zero-order valence-corrected chi connectivity index (χ0v) is 16.8. The van der Waals surface area contributed by atoms with E-state index >= 15 is 0 Å². The molecule has 1 N–H and O–H groups in total. The summed E-state index contributed by atoms with van der Waals surface area (Å²) in [5, 5.41) is 3.42. The van der Waals surface area contributed by atoms with E-state index in [1.54, 1.807) is 12.1 Å². The Balaban J connectivity index is 1.94. The van der Waals surface area contributed by atoms with E-state index in [1.807, 2.05) is 12.1 Å². The van der Waals surface area contributed by atoms with Crippen LogP contribution in [0.15, 0.2) is 30.3 Å². The molecule has 2 aromatic carbocycles. The second-order valence-electron chi connectivity index (χ2n) is 6.24. The molecule has 7 heteroatoms. The largest absolute Gasteiger partial charge is 0.493 e. The van der Waals surface area contributed by atoms with Crippen LogP contribution in [0.1, 0.15) is 35.7 Å². The number of amides is 1. The average Bonchev–Trinajstić information content (AvgIpc) is 3.08. The summed E-state index contributed by atoms with van der Waals surface area (Å²) in [6.45, 7) is 4.25. The zero-order valence-electron chi connectivity index (χ0n) is 16.0. The number of fused-ring (bicyclic) bond motifs is 1. The molecule has 0 unspecified atom stereocenters. The molecule has 3 rings (SSSR count). The second-order valence-corrected chi connectivity index (χ2v) is 7.27. The fourth-order valence-corrected chi connectivity index (χ4v) is 3.77. The molecule has 0 fully saturated rings. The van der Waals surface area contributed by atoms with Crippen LogP contribution < -0.4 is 19.5 Å². The highest BCUT2D eigenvalue weighted by Gasteiger charge is 2.18. The van der Waals surface area contributed by atoms with Crippen LogP contribution in [-0.4, -0.2) is 32.2 Å². The molecule has 1 amide bonds. The Kier molecular flexibility index (Phi) is 5.51. The molecular weight excluding hydrogens is 364 g/mol. The summed E-state index contributed by atoms with van der Waals surface area (Å²) < 4.78 is 17.0. The maximum absolute atomic E-state index is 12.7. The van der Waals surface area contributed by atoms with E-state index in [-0.39, 0.29) is 5.91 Å². The molecule has 0 aliphatic heterocycles. The van der Waals surface area contributed by atoms with E-state index in [4.69, 9.17) is 14.2 Å². The monoisotopic (exact) mass is 386 g/mol. The Labute approximate surface area is 162 Å². The number of aromatic nitrogens is 1. The Morgan fingerprint density at radius 3 is 2.30 bits per heavy atom. The van der Waals surface area contributed by atoms with Crippen LogP contribution in [0.5, 0.6) is 17.2 Å². The highest BCUT2D eigenvalue weighted by Crippen LogP contribution is 2.38. The number of carbonyl (C=O) groups excluding carboxylic acids is 1. The van der Waals surface area contributed by atoms with Gasteiger partial charge in [0.1, 0.15) is 0 Å². The van der Waals surface area contributed by atoms with Gasteiger partial charge in [0.05, 0.1) is 31.5 Å². The van der Waals surface area contributed by atoms with Crippen LogP contribution in [0.3, 0.4) is 0 Å². The number of hydrogen-bond donors (Lipinski definition) is 1. The Hall–Kier alpha value is -2.80. The molecule has 6 nitrogen and oxygen atoms in total. The Bertz CT molecular complexity index is 956. The first-order chi connectivity index (χ1) is 13.0. The Morgan fingerprint density at radius 2 is 1.74 bits per heavy atom. The topological polar surface area (TPSA) is 69.7 Å². The van der Waals surface area contributed by atoms with Crippen LogP contribution >= 0.6 is 11.3 Å². The lowest BCUT2D eigenvalue weighted by Crippen LogP contribution is -2.12. The number of anilines is 1. The summed E-state index contributed by atoms with van der Waals surface area (Å²) in [6.07, 6.45) is 0. The number of nitrogens with zero attached hydrogens (tertiary/aromatic N) is 1. The van der Waals surface area contributed by atoms with Crippen molar-refractivity contribution in [3.8, 4) is 17.2 Å². The number of rotatable bonds is 6. The minimum absolute atomic E-state index is 0.292. The summed E-state index contributed by atoms with van der Waals surface area (Å²) in [5.41, 5.74) is 2.49. The number of thiazole rings is 1. The van der Waals surface area contributed by atoms with E-state index < -0.39 is 0 Å². The van der Waals surface area contributed by atoms with Gasteiger partial charge < -0.3 is 14.2 Å². The summed E-state index contributed by atoms with van der Waals surface area (Å²) in [4.78, 5) is 17.4. The smallest absolute Gasteiger partial charge is 0.257 e. The van der Waals surface area contributed by atoms with Crippen molar-refractivity contribution in [2.45, 2.75) is 19.8 Å². The van der Waals surface area contributed by atoms with Crippen molar-refractivity contribution in [1.82, 2.24) is 4.98 Å². The summed E-state index contributed by atoms with van der Waals surface area (Å²) >= 11 is 1.45. The van der Waals surface area contributed by atoms with Crippen molar-refractivity contribution < 1.29 is 19.0 Å². The van der Waals surface area contributed by atoms with E-state index in [0.29, 0.717) is 33.9 Å². The first-order valence-electron chi connectivity index (χ1n) is 8.49. The third-order valence-electron chi connectivity index (χ3n) is 4.22. The maximum Gasteiger partial charge on any atom is 0.257 e. The minimum Gasteiger partial charge on any atom is -0.493 e. The Morgan fingerprint density at radius 1 is 1.07 bits per heavy atom. The molecule has 3 aromatic rings. The molecule has 0 spiro atoms. The maximum atomic E-state index is 12.7. The van der Waals surface area contributed by atoms with Gasteiger partial charge >= 0.3 is 0 Å².